The summed E-state index contributed by atoms with van der Waals surface area (Å²) < 4.78 is 68.7. The summed E-state index contributed by atoms with van der Waals surface area (Å²) in [5, 5.41) is 10.7. The number of hydrogen-bond acceptors (Lipinski definition) is 15. The molecular formula is C89H152O17P2. The molecule has 620 valence electrons. The molecule has 17 nitrogen and oxygen atoms in total. The first-order valence-corrected chi connectivity index (χ1v) is 45.4. The van der Waals surface area contributed by atoms with Gasteiger partial charge in [-0.1, -0.05) is 328 Å². The van der Waals surface area contributed by atoms with Crippen LogP contribution in [-0.2, 0) is 65.4 Å². The number of aliphatic hydroxyl groups is 1. The Hall–Kier alpha value is -4.80. The molecule has 0 aliphatic carbocycles. The summed E-state index contributed by atoms with van der Waals surface area (Å²) in [6, 6.07) is 0. The van der Waals surface area contributed by atoms with E-state index >= 15 is 0 Å². The van der Waals surface area contributed by atoms with Crippen LogP contribution >= 0.6 is 15.6 Å². The summed E-state index contributed by atoms with van der Waals surface area (Å²) in [7, 11) is -10.00. The lowest BCUT2D eigenvalue weighted by atomic mass is 10.0. The Labute approximate surface area is 656 Å². The molecule has 0 spiro atoms. The summed E-state index contributed by atoms with van der Waals surface area (Å²) in [4.78, 5) is 73.2. The van der Waals surface area contributed by atoms with Gasteiger partial charge in [0.25, 0.3) is 0 Å². The second kappa shape index (κ2) is 80.3. The van der Waals surface area contributed by atoms with E-state index in [0.29, 0.717) is 25.7 Å². The van der Waals surface area contributed by atoms with Crippen LogP contribution in [0, 0.1) is 0 Å². The molecule has 0 aromatic heterocycles. The summed E-state index contributed by atoms with van der Waals surface area (Å²) in [5.41, 5.74) is 0. The highest BCUT2D eigenvalue weighted by molar-refractivity contribution is 7.47. The third-order valence-corrected chi connectivity index (χ3v) is 19.5. The van der Waals surface area contributed by atoms with Gasteiger partial charge in [-0.15, -0.1) is 0 Å². The fourth-order valence-electron chi connectivity index (χ4n) is 11.2. The maximum absolute atomic E-state index is 13.1. The van der Waals surface area contributed by atoms with Crippen molar-refractivity contribution in [3.05, 3.63) is 134 Å². The van der Waals surface area contributed by atoms with E-state index in [1.54, 1.807) is 6.08 Å². The first-order valence-electron chi connectivity index (χ1n) is 42.4. The lowest BCUT2D eigenvalue weighted by molar-refractivity contribution is -0.161. The van der Waals surface area contributed by atoms with Crippen molar-refractivity contribution in [2.75, 3.05) is 39.6 Å². The molecule has 0 radical (unpaired) electrons. The fourth-order valence-corrected chi connectivity index (χ4v) is 12.8. The van der Waals surface area contributed by atoms with Crippen LogP contribution in [0.3, 0.4) is 0 Å². The van der Waals surface area contributed by atoms with Gasteiger partial charge in [-0.2, -0.15) is 0 Å². The zero-order chi connectivity index (χ0) is 78.9. The van der Waals surface area contributed by atoms with Crippen molar-refractivity contribution in [2.24, 2.45) is 0 Å². The molecule has 0 aromatic carbocycles. The van der Waals surface area contributed by atoms with Crippen molar-refractivity contribution in [3.8, 4) is 0 Å². The van der Waals surface area contributed by atoms with Gasteiger partial charge in [0.15, 0.2) is 12.2 Å². The Balaban J connectivity index is 5.45. The number of carbonyl (C=O) groups is 4. The molecule has 0 saturated heterocycles. The summed E-state index contributed by atoms with van der Waals surface area (Å²) >= 11 is 0. The Morgan fingerprint density at radius 2 is 0.519 bits per heavy atom. The Bertz CT molecular complexity index is 2560. The van der Waals surface area contributed by atoms with E-state index < -0.39 is 97.5 Å². The van der Waals surface area contributed by atoms with Crippen molar-refractivity contribution in [3.63, 3.8) is 0 Å². The molecule has 0 amide bonds. The number of phosphoric ester groups is 2. The quantitative estimate of drug-likeness (QED) is 0.0169. The highest BCUT2D eigenvalue weighted by Gasteiger charge is 2.30. The van der Waals surface area contributed by atoms with E-state index in [9.17, 15) is 43.2 Å². The number of rotatable bonds is 79. The average Bonchev–Trinajstić information content (AvgIpc) is 0.899. The van der Waals surface area contributed by atoms with Crippen molar-refractivity contribution >= 4 is 39.5 Å². The van der Waals surface area contributed by atoms with E-state index in [0.717, 1.165) is 167 Å². The van der Waals surface area contributed by atoms with Crippen molar-refractivity contribution in [2.45, 2.75) is 367 Å². The minimum absolute atomic E-state index is 0.0711. The number of allylic oxidation sites excluding steroid dienone is 21. The molecule has 0 rings (SSSR count). The van der Waals surface area contributed by atoms with Crippen molar-refractivity contribution < 1.29 is 80.2 Å². The lowest BCUT2D eigenvalue weighted by Gasteiger charge is -2.21. The minimum atomic E-state index is -5.00. The largest absolute Gasteiger partial charge is 0.472 e. The third kappa shape index (κ3) is 79.3. The number of carbonyl (C=O) groups excluding carboxylic acids is 4. The molecule has 0 bridgehead atoms. The molecule has 0 saturated carbocycles. The standard InChI is InChI=1S/C89H152O17P2/c1-5-9-13-17-21-25-29-33-37-39-41-43-47-50-54-58-62-66-70-74-87(92)100-80-85(106-89(94)76-72-68-64-60-56-52-48-44-42-40-38-34-30-26-22-18-14-10-6-2)82-104-108(97,98)102-78-83(90)77-101-107(95,96)103-81-84(105-88(93)75-71-67-63-59-55-51-46-36-32-28-24-20-16-12-8-4)79-99-86(91)73-69-65-61-57-53-49-45-35-31-27-23-19-15-11-7-3/h11,15,21-23,25-27,33-35,37-38,41-45,53,57,65,69,83-85,90H,5-10,12-14,16-20,24,28-32,36,39-40,46-52,54-56,58-64,66-68,70-82H2,1-4H3,(H,95,96)(H,97,98)/b15-11-,25-21-,26-22-,27-23-,37-33-,38-34-,43-41-,44-42-,45-35-,57-53-,69-65-. The maximum Gasteiger partial charge on any atom is 0.472 e. The second-order valence-electron chi connectivity index (χ2n) is 28.1. The monoisotopic (exact) mass is 1560 g/mol. The fraction of sp³-hybridized carbons (Fsp3) is 0.708. The molecule has 108 heavy (non-hydrogen) atoms. The van der Waals surface area contributed by atoms with Crippen LogP contribution < -0.4 is 0 Å². The molecule has 0 fully saturated rings. The number of phosphoric acid groups is 2. The van der Waals surface area contributed by atoms with E-state index in [1.807, 2.05) is 18.2 Å². The first kappa shape index (κ1) is 103. The summed E-state index contributed by atoms with van der Waals surface area (Å²) in [6.45, 7) is 4.61. The van der Waals surface area contributed by atoms with Gasteiger partial charge in [0.2, 0.25) is 0 Å². The highest BCUT2D eigenvalue weighted by Crippen LogP contribution is 2.45. The Morgan fingerprint density at radius 1 is 0.278 bits per heavy atom. The highest BCUT2D eigenvalue weighted by atomic mass is 31.2. The number of unbranched alkanes of at least 4 members (excludes halogenated alkanes) is 32. The van der Waals surface area contributed by atoms with Gasteiger partial charge in [-0.25, -0.2) is 9.13 Å². The molecular weight excluding hydrogens is 1400 g/mol. The van der Waals surface area contributed by atoms with Gasteiger partial charge < -0.3 is 33.8 Å². The zero-order valence-corrected chi connectivity index (χ0v) is 69.8. The maximum atomic E-state index is 13.1. The zero-order valence-electron chi connectivity index (χ0n) is 68.0. The minimum Gasteiger partial charge on any atom is -0.462 e. The van der Waals surface area contributed by atoms with E-state index in [1.165, 1.54) is 103 Å². The summed E-state index contributed by atoms with van der Waals surface area (Å²) in [5.74, 6) is -2.34. The number of hydrogen-bond donors (Lipinski definition) is 3. The van der Waals surface area contributed by atoms with Crippen LogP contribution in [0.25, 0.3) is 0 Å². The number of ether oxygens (including phenoxy) is 4. The predicted molar refractivity (Wildman–Crippen MR) is 445 cm³/mol. The van der Waals surface area contributed by atoms with Crippen LogP contribution in [0.5, 0.6) is 0 Å². The molecule has 19 heteroatoms. The molecule has 5 atom stereocenters. The molecule has 3 N–H and O–H groups in total. The van der Waals surface area contributed by atoms with Crippen LogP contribution in [-0.4, -0.2) is 96.7 Å². The topological polar surface area (TPSA) is 237 Å². The summed E-state index contributed by atoms with van der Waals surface area (Å²) in [6.07, 6.45) is 91.5. The molecule has 0 aromatic rings. The van der Waals surface area contributed by atoms with E-state index in [-0.39, 0.29) is 25.7 Å². The molecule has 0 aliphatic rings. The van der Waals surface area contributed by atoms with Crippen LogP contribution in [0.15, 0.2) is 134 Å². The number of esters is 4. The smallest absolute Gasteiger partial charge is 0.462 e. The van der Waals surface area contributed by atoms with Crippen molar-refractivity contribution in [1.29, 1.82) is 0 Å². The van der Waals surface area contributed by atoms with Crippen LogP contribution in [0.2, 0.25) is 0 Å². The second-order valence-corrected chi connectivity index (χ2v) is 31.0. The van der Waals surface area contributed by atoms with E-state index in [4.69, 9.17) is 37.0 Å². The lowest BCUT2D eigenvalue weighted by Crippen LogP contribution is -2.30. The van der Waals surface area contributed by atoms with Crippen LogP contribution in [0.1, 0.15) is 349 Å². The van der Waals surface area contributed by atoms with Gasteiger partial charge in [0, 0.05) is 19.3 Å². The number of aliphatic hydroxyl groups excluding tert-OH is 1. The normalized spacial score (nSPS) is 14.5. The van der Waals surface area contributed by atoms with Crippen molar-refractivity contribution in [1.82, 2.24) is 0 Å². The van der Waals surface area contributed by atoms with Crippen LogP contribution in [0.4, 0.5) is 0 Å². The van der Waals surface area contributed by atoms with Gasteiger partial charge in [-0.05, 0) is 128 Å². The average molecular weight is 1560 g/mol. The predicted octanol–water partition coefficient (Wildman–Crippen LogP) is 25.2. The van der Waals surface area contributed by atoms with Gasteiger partial charge in [0.05, 0.1) is 32.8 Å². The Kier molecular flexibility index (Phi) is 76.7. The molecule has 0 heterocycles. The van der Waals surface area contributed by atoms with E-state index in [2.05, 4.69) is 137 Å². The Morgan fingerprint density at radius 3 is 0.843 bits per heavy atom. The molecule has 0 aliphatic heterocycles. The van der Waals surface area contributed by atoms with Gasteiger partial charge >= 0.3 is 39.5 Å². The van der Waals surface area contributed by atoms with Gasteiger partial charge in [-0.3, -0.25) is 37.3 Å². The van der Waals surface area contributed by atoms with Gasteiger partial charge in [0.1, 0.15) is 19.3 Å². The molecule has 5 unspecified atom stereocenters. The SMILES string of the molecule is CC/C=C\C/C=C\C/C=C\C/C=C\C/C=C\CC(=O)OCC(COP(=O)(O)OCC(O)COP(=O)(O)OCC(COC(=O)CCCCCCCC/C=C\C/C=C\C/C=C\CCCCC)OC(=O)CCCCCCCC/C=C\C/C=C\C/C=C\CCCCC)OC(=O)CCCCCCCCCCCCCCCCC. The first-order chi connectivity index (χ1) is 52.7. The third-order valence-electron chi connectivity index (χ3n) is 17.6.